The number of likely N-dealkylation sites (N-methyl/N-ethyl adjacent to an activating group) is 1. The molecule has 0 radical (unpaired) electrons. The quantitative estimate of drug-likeness (QED) is 0.293. The maximum Gasteiger partial charge on any atom is 2.00 e. The van der Waals surface area contributed by atoms with Crippen LogP contribution in [0.3, 0.4) is 0 Å². The summed E-state index contributed by atoms with van der Waals surface area (Å²) in [6.45, 7) is 0.425. The molecule has 0 aromatic heterocycles. The van der Waals surface area contributed by atoms with Crippen molar-refractivity contribution < 1.29 is 39.3 Å². The Balaban J connectivity index is -0.000000288. The number of carboxylic acids is 3. The molecular weight excluding hydrogens is 298 g/mol. The SMILES string of the molecule is C[N+](C)(C)C[C@H](O)CC(=O)[O-].O=C([O-])C=CC(=O)[O-].[Ca+2]. The van der Waals surface area contributed by atoms with Crippen LogP contribution in [0.1, 0.15) is 6.42 Å². The summed E-state index contributed by atoms with van der Waals surface area (Å²) in [5.41, 5.74) is 0. The second-order valence-corrected chi connectivity index (χ2v) is 4.67. The van der Waals surface area contributed by atoms with Crippen LogP contribution >= 0.6 is 0 Å². The summed E-state index contributed by atoms with van der Waals surface area (Å²) in [5.74, 6) is -4.30. The van der Waals surface area contributed by atoms with Crippen molar-refractivity contribution in [1.82, 2.24) is 0 Å². The summed E-state index contributed by atoms with van der Waals surface area (Å²) in [5, 5.41) is 38.0. The zero-order valence-corrected chi connectivity index (χ0v) is 13.9. The molecule has 0 rings (SSSR count). The number of quaternary nitrogens is 1. The smallest absolute Gasteiger partial charge is 0.550 e. The van der Waals surface area contributed by atoms with Crippen LogP contribution in [0.25, 0.3) is 0 Å². The van der Waals surface area contributed by atoms with Crippen LogP contribution in [0.5, 0.6) is 0 Å². The van der Waals surface area contributed by atoms with Crippen LogP contribution in [-0.2, 0) is 14.4 Å². The van der Waals surface area contributed by atoms with Gasteiger partial charge in [-0.25, -0.2) is 0 Å². The molecule has 0 aliphatic carbocycles. The van der Waals surface area contributed by atoms with E-state index in [0.717, 1.165) is 0 Å². The molecule has 0 heterocycles. The van der Waals surface area contributed by atoms with Gasteiger partial charge < -0.3 is 39.3 Å². The van der Waals surface area contributed by atoms with Gasteiger partial charge in [0.2, 0.25) is 0 Å². The molecule has 1 atom stereocenters. The summed E-state index contributed by atoms with van der Waals surface area (Å²) < 4.78 is 0.550. The molecule has 20 heavy (non-hydrogen) atoms. The molecule has 0 fully saturated rings. The van der Waals surface area contributed by atoms with Crippen LogP contribution in [0.2, 0.25) is 0 Å². The fourth-order valence-electron chi connectivity index (χ4n) is 1.03. The van der Waals surface area contributed by atoms with Gasteiger partial charge in [-0.05, 0) is 12.2 Å². The van der Waals surface area contributed by atoms with E-state index >= 15 is 0 Å². The number of hydrogen-bond donors (Lipinski definition) is 1. The van der Waals surface area contributed by atoms with E-state index in [1.165, 1.54) is 0 Å². The van der Waals surface area contributed by atoms with E-state index in [1.54, 1.807) is 0 Å². The molecule has 0 aliphatic heterocycles. The Morgan fingerprint density at radius 3 is 1.60 bits per heavy atom. The van der Waals surface area contributed by atoms with Crippen LogP contribution < -0.4 is 15.3 Å². The van der Waals surface area contributed by atoms with Crippen LogP contribution in [0.15, 0.2) is 12.2 Å². The Morgan fingerprint density at radius 2 is 1.40 bits per heavy atom. The largest absolute Gasteiger partial charge is 2.00 e. The third kappa shape index (κ3) is 26.0. The van der Waals surface area contributed by atoms with Gasteiger partial charge in [0.1, 0.15) is 12.6 Å². The fourth-order valence-corrected chi connectivity index (χ4v) is 1.03. The molecule has 0 aromatic carbocycles. The van der Waals surface area contributed by atoms with E-state index in [-0.39, 0.29) is 44.2 Å². The summed E-state index contributed by atoms with van der Waals surface area (Å²) in [4.78, 5) is 28.8. The van der Waals surface area contributed by atoms with Crippen molar-refractivity contribution in [3.05, 3.63) is 12.2 Å². The van der Waals surface area contributed by atoms with Crippen molar-refractivity contribution in [2.75, 3.05) is 27.7 Å². The number of carbonyl (C=O) groups is 3. The number of nitrogens with zero attached hydrogens (tertiary/aromatic N) is 1. The number of aliphatic hydroxyl groups is 1. The van der Waals surface area contributed by atoms with Gasteiger partial charge in [-0.2, -0.15) is 0 Å². The Hall–Kier alpha value is -0.670. The summed E-state index contributed by atoms with van der Waals surface area (Å²) in [6, 6.07) is 0. The van der Waals surface area contributed by atoms with E-state index in [9.17, 15) is 29.7 Å². The number of carboxylic acid groups (broad SMARTS) is 3. The van der Waals surface area contributed by atoms with Gasteiger partial charge in [0.25, 0.3) is 0 Å². The zero-order chi connectivity index (χ0) is 15.6. The number of aliphatic carboxylic acids is 3. The van der Waals surface area contributed by atoms with Crippen molar-refractivity contribution in [2.45, 2.75) is 12.5 Å². The molecule has 110 valence electrons. The molecule has 0 saturated carbocycles. The van der Waals surface area contributed by atoms with Gasteiger partial charge in [0.05, 0.1) is 33.1 Å². The van der Waals surface area contributed by atoms with Crippen molar-refractivity contribution in [1.29, 1.82) is 0 Å². The molecule has 0 spiro atoms. The monoisotopic (exact) mass is 315 g/mol. The minimum absolute atomic E-state index is 0. The van der Waals surface area contributed by atoms with E-state index in [2.05, 4.69) is 0 Å². The third-order valence-corrected chi connectivity index (χ3v) is 1.52. The van der Waals surface area contributed by atoms with Gasteiger partial charge in [-0.15, -0.1) is 0 Å². The fraction of sp³-hybridized carbons (Fsp3) is 0.545. The van der Waals surface area contributed by atoms with Gasteiger partial charge in [0, 0.05) is 12.4 Å². The molecule has 0 unspecified atom stereocenters. The Morgan fingerprint density at radius 1 is 1.05 bits per heavy atom. The molecule has 0 bridgehead atoms. The molecule has 0 amide bonds. The number of carbonyl (C=O) groups excluding carboxylic acids is 3. The molecule has 0 saturated heterocycles. The predicted octanol–water partition coefficient (Wildman–Crippen LogP) is -5.14. The molecule has 8 nitrogen and oxygen atoms in total. The summed E-state index contributed by atoms with van der Waals surface area (Å²) in [7, 11) is 5.66. The van der Waals surface area contributed by atoms with E-state index in [4.69, 9.17) is 5.11 Å². The van der Waals surface area contributed by atoms with E-state index < -0.39 is 24.0 Å². The molecule has 1 N–H and O–H groups in total. The van der Waals surface area contributed by atoms with Crippen molar-refractivity contribution in [3.63, 3.8) is 0 Å². The Labute approximate surface area is 146 Å². The van der Waals surface area contributed by atoms with Crippen LogP contribution in [-0.4, -0.2) is 99.0 Å². The molecular formula is C11H17CaNO7. The normalized spacial score (nSPS) is 11.8. The summed E-state index contributed by atoms with van der Waals surface area (Å²) in [6.07, 6.45) is -0.319. The molecule has 0 aliphatic rings. The third-order valence-electron chi connectivity index (χ3n) is 1.52. The van der Waals surface area contributed by atoms with Gasteiger partial charge in [-0.3, -0.25) is 0 Å². The summed E-state index contributed by atoms with van der Waals surface area (Å²) >= 11 is 0. The van der Waals surface area contributed by atoms with E-state index in [0.29, 0.717) is 23.2 Å². The predicted molar refractivity (Wildman–Crippen MR) is 63.4 cm³/mol. The average molecular weight is 315 g/mol. The molecule has 9 heteroatoms. The maximum atomic E-state index is 10.0. The first-order chi connectivity index (χ1) is 8.44. The maximum absolute atomic E-state index is 10.0. The first-order valence-corrected chi connectivity index (χ1v) is 5.22. The van der Waals surface area contributed by atoms with Gasteiger partial charge >= 0.3 is 37.7 Å². The van der Waals surface area contributed by atoms with Crippen molar-refractivity contribution >= 4 is 55.6 Å². The minimum Gasteiger partial charge on any atom is -0.550 e. The van der Waals surface area contributed by atoms with Crippen molar-refractivity contribution in [2.24, 2.45) is 0 Å². The van der Waals surface area contributed by atoms with E-state index in [1.807, 2.05) is 21.1 Å². The first-order valence-electron chi connectivity index (χ1n) is 5.22. The molecule has 0 aromatic rings. The average Bonchev–Trinajstić information content (AvgIpc) is 2.10. The van der Waals surface area contributed by atoms with Gasteiger partial charge in [0.15, 0.2) is 0 Å². The number of rotatable bonds is 6. The van der Waals surface area contributed by atoms with Crippen LogP contribution in [0, 0.1) is 0 Å². The zero-order valence-electron chi connectivity index (χ0n) is 11.7. The Kier molecular flexibility index (Phi) is 14.7. The van der Waals surface area contributed by atoms with Crippen LogP contribution in [0.4, 0.5) is 0 Å². The standard InChI is InChI=1S/C7H15NO3.C4H4O4.Ca/c1-8(2,3)5-6(9)4-7(10)11;5-3(6)1-2-4(7)8;/h6,9H,4-5H2,1-3H3;1-2H,(H,5,6)(H,7,8);/q;;+2/p-2/t6-;;/m1../s1. The van der Waals surface area contributed by atoms with Crippen molar-refractivity contribution in [3.8, 4) is 0 Å². The first kappa shape index (κ1) is 24.4. The number of hydrogen-bond acceptors (Lipinski definition) is 7. The van der Waals surface area contributed by atoms with Gasteiger partial charge in [-0.1, -0.05) is 0 Å². The second-order valence-electron chi connectivity index (χ2n) is 4.67. The Bertz CT molecular complexity index is 333. The topological polar surface area (TPSA) is 141 Å². The number of aliphatic hydroxyl groups excluding tert-OH is 1. The minimum atomic E-state index is -1.55. The second kappa shape index (κ2) is 12.1.